The van der Waals surface area contributed by atoms with Crippen LogP contribution in [0.15, 0.2) is 42.7 Å². The second kappa shape index (κ2) is 6.75. The first-order valence-electron chi connectivity index (χ1n) is 6.38. The number of carboxylic acids is 1. The van der Waals surface area contributed by atoms with E-state index in [2.05, 4.69) is 4.98 Å². The van der Waals surface area contributed by atoms with Gasteiger partial charge in [-0.15, -0.1) is 0 Å². The van der Waals surface area contributed by atoms with E-state index in [1.54, 1.807) is 0 Å². The Morgan fingerprint density at radius 3 is 2.36 bits per heavy atom. The molecule has 0 atom stereocenters. The number of para-hydroxylation sites is 1. The lowest BCUT2D eigenvalue weighted by Crippen LogP contribution is -2.34. The molecule has 0 fully saturated rings. The van der Waals surface area contributed by atoms with E-state index in [-0.39, 0.29) is 12.1 Å². The van der Waals surface area contributed by atoms with Crippen LogP contribution in [-0.4, -0.2) is 28.5 Å². The average molecular weight is 306 g/mol. The van der Waals surface area contributed by atoms with Gasteiger partial charge in [0.25, 0.3) is 5.91 Å². The number of hydrogen-bond acceptors (Lipinski definition) is 3. The Morgan fingerprint density at radius 1 is 1.14 bits per heavy atom. The van der Waals surface area contributed by atoms with Crippen LogP contribution in [0.5, 0.6) is 0 Å². The summed E-state index contributed by atoms with van der Waals surface area (Å²) in [5.41, 5.74) is -0.465. The molecule has 7 heteroatoms. The van der Waals surface area contributed by atoms with Crippen molar-refractivity contribution in [3.05, 3.63) is 59.9 Å². The van der Waals surface area contributed by atoms with Crippen molar-refractivity contribution in [2.45, 2.75) is 6.42 Å². The number of hydrogen-bond donors (Lipinski definition) is 1. The summed E-state index contributed by atoms with van der Waals surface area (Å²) < 4.78 is 27.8. The molecule has 2 rings (SSSR count). The van der Waals surface area contributed by atoms with Gasteiger partial charge in [-0.1, -0.05) is 6.07 Å². The fraction of sp³-hybridized carbons (Fsp3) is 0.133. The number of carboxylic acid groups (broad SMARTS) is 1. The number of rotatable bonds is 5. The van der Waals surface area contributed by atoms with Gasteiger partial charge in [-0.2, -0.15) is 0 Å². The molecule has 5 nitrogen and oxygen atoms in total. The van der Waals surface area contributed by atoms with Crippen LogP contribution < -0.4 is 4.90 Å². The van der Waals surface area contributed by atoms with Gasteiger partial charge in [0.1, 0.15) is 17.3 Å². The SMILES string of the molecule is O=C(O)CCN(C(=O)c1cccnc1)c1c(F)cccc1F. The van der Waals surface area contributed by atoms with Gasteiger partial charge < -0.3 is 10.0 Å². The Kier molecular flexibility index (Phi) is 4.77. The van der Waals surface area contributed by atoms with E-state index in [0.717, 1.165) is 23.1 Å². The standard InChI is InChI=1S/C15H12F2N2O3/c16-11-4-1-5-12(17)14(11)19(8-6-13(20)21)15(22)10-3-2-7-18-9-10/h1-5,7,9H,6,8H2,(H,20,21). The summed E-state index contributed by atoms with van der Waals surface area (Å²) >= 11 is 0. The number of aliphatic carboxylic acids is 1. The molecule has 0 saturated carbocycles. The number of benzene rings is 1. The van der Waals surface area contributed by atoms with E-state index in [0.29, 0.717) is 0 Å². The van der Waals surface area contributed by atoms with Crippen molar-refractivity contribution < 1.29 is 23.5 Å². The molecule has 1 amide bonds. The monoisotopic (exact) mass is 306 g/mol. The van der Waals surface area contributed by atoms with Gasteiger partial charge in [0.2, 0.25) is 0 Å². The molecule has 0 aliphatic rings. The number of amides is 1. The van der Waals surface area contributed by atoms with E-state index in [1.807, 2.05) is 0 Å². The Bertz CT molecular complexity index is 672. The first-order valence-corrected chi connectivity index (χ1v) is 6.38. The zero-order valence-electron chi connectivity index (χ0n) is 11.4. The summed E-state index contributed by atoms with van der Waals surface area (Å²) in [6.07, 6.45) is 2.25. The molecule has 1 heterocycles. The average Bonchev–Trinajstić information content (AvgIpc) is 2.50. The molecule has 0 aliphatic carbocycles. The van der Waals surface area contributed by atoms with Gasteiger partial charge in [0.05, 0.1) is 12.0 Å². The molecule has 22 heavy (non-hydrogen) atoms. The maximum Gasteiger partial charge on any atom is 0.305 e. The van der Waals surface area contributed by atoms with Crippen LogP contribution in [0, 0.1) is 11.6 Å². The quantitative estimate of drug-likeness (QED) is 0.921. The van der Waals surface area contributed by atoms with Crippen molar-refractivity contribution >= 4 is 17.6 Å². The van der Waals surface area contributed by atoms with Crippen LogP contribution in [0.4, 0.5) is 14.5 Å². The van der Waals surface area contributed by atoms with Gasteiger partial charge in [0, 0.05) is 18.9 Å². The molecule has 0 bridgehead atoms. The first kappa shape index (κ1) is 15.6. The highest BCUT2D eigenvalue weighted by atomic mass is 19.1. The van der Waals surface area contributed by atoms with Crippen molar-refractivity contribution in [1.82, 2.24) is 4.98 Å². The summed E-state index contributed by atoms with van der Waals surface area (Å²) in [6.45, 7) is -0.360. The van der Waals surface area contributed by atoms with E-state index in [9.17, 15) is 18.4 Å². The summed E-state index contributed by atoms with van der Waals surface area (Å²) in [4.78, 5) is 27.7. The molecule has 1 aromatic heterocycles. The Morgan fingerprint density at radius 2 is 1.82 bits per heavy atom. The van der Waals surface area contributed by atoms with E-state index >= 15 is 0 Å². The minimum Gasteiger partial charge on any atom is -0.481 e. The predicted octanol–water partition coefficient (Wildman–Crippen LogP) is 2.48. The van der Waals surface area contributed by atoms with Crippen LogP contribution in [0.3, 0.4) is 0 Å². The second-order valence-corrected chi connectivity index (χ2v) is 4.41. The highest BCUT2D eigenvalue weighted by molar-refractivity contribution is 6.06. The third kappa shape index (κ3) is 3.43. The zero-order valence-corrected chi connectivity index (χ0v) is 11.4. The molecular formula is C15H12F2N2O3. The topological polar surface area (TPSA) is 70.5 Å². The summed E-state index contributed by atoms with van der Waals surface area (Å²) in [7, 11) is 0. The van der Waals surface area contributed by atoms with Crippen LogP contribution in [-0.2, 0) is 4.79 Å². The molecule has 114 valence electrons. The van der Waals surface area contributed by atoms with Crippen molar-refractivity contribution in [2.75, 3.05) is 11.4 Å². The maximum atomic E-state index is 13.9. The third-order valence-corrected chi connectivity index (χ3v) is 2.91. The molecule has 0 aliphatic heterocycles. The van der Waals surface area contributed by atoms with Crippen LogP contribution >= 0.6 is 0 Å². The minimum atomic E-state index is -1.18. The fourth-order valence-corrected chi connectivity index (χ4v) is 1.91. The first-order chi connectivity index (χ1) is 10.5. The molecule has 1 aromatic carbocycles. The molecule has 1 N–H and O–H groups in total. The van der Waals surface area contributed by atoms with Crippen LogP contribution in [0.1, 0.15) is 16.8 Å². The van der Waals surface area contributed by atoms with E-state index < -0.39 is 35.6 Å². The van der Waals surface area contributed by atoms with Crippen molar-refractivity contribution in [3.8, 4) is 0 Å². The smallest absolute Gasteiger partial charge is 0.305 e. The van der Waals surface area contributed by atoms with Crippen LogP contribution in [0.2, 0.25) is 0 Å². The Hall–Kier alpha value is -2.83. The maximum absolute atomic E-state index is 13.9. The Balaban J connectivity index is 2.43. The van der Waals surface area contributed by atoms with Crippen LogP contribution in [0.25, 0.3) is 0 Å². The molecule has 2 aromatic rings. The van der Waals surface area contributed by atoms with E-state index in [1.165, 1.54) is 24.5 Å². The summed E-state index contributed by atoms with van der Waals surface area (Å²) in [6, 6.07) is 6.10. The summed E-state index contributed by atoms with van der Waals surface area (Å²) in [5, 5.41) is 8.76. The molecule has 0 unspecified atom stereocenters. The number of aromatic nitrogens is 1. The molecular weight excluding hydrogens is 294 g/mol. The fourth-order valence-electron chi connectivity index (χ4n) is 1.91. The zero-order chi connectivity index (χ0) is 16.1. The highest BCUT2D eigenvalue weighted by Crippen LogP contribution is 2.25. The number of pyridine rings is 1. The minimum absolute atomic E-state index is 0.107. The van der Waals surface area contributed by atoms with Crippen molar-refractivity contribution in [2.24, 2.45) is 0 Å². The Labute approximate surface area is 124 Å². The number of nitrogens with zero attached hydrogens (tertiary/aromatic N) is 2. The van der Waals surface area contributed by atoms with Crippen molar-refractivity contribution in [3.63, 3.8) is 0 Å². The number of carbonyl (C=O) groups is 2. The normalized spacial score (nSPS) is 10.3. The third-order valence-electron chi connectivity index (χ3n) is 2.91. The molecule has 0 radical (unpaired) electrons. The van der Waals surface area contributed by atoms with Gasteiger partial charge in [-0.3, -0.25) is 14.6 Å². The lowest BCUT2D eigenvalue weighted by atomic mass is 10.2. The van der Waals surface area contributed by atoms with Gasteiger partial charge in [-0.25, -0.2) is 8.78 Å². The van der Waals surface area contributed by atoms with Gasteiger partial charge in [-0.05, 0) is 24.3 Å². The number of halogens is 2. The molecule has 0 saturated heterocycles. The predicted molar refractivity (Wildman–Crippen MR) is 74.5 cm³/mol. The van der Waals surface area contributed by atoms with E-state index in [4.69, 9.17) is 5.11 Å². The van der Waals surface area contributed by atoms with Gasteiger partial charge in [0.15, 0.2) is 0 Å². The molecule has 0 spiro atoms. The highest BCUT2D eigenvalue weighted by Gasteiger charge is 2.24. The lowest BCUT2D eigenvalue weighted by Gasteiger charge is -2.23. The largest absolute Gasteiger partial charge is 0.481 e. The summed E-state index contributed by atoms with van der Waals surface area (Å²) in [5.74, 6) is -3.79. The second-order valence-electron chi connectivity index (χ2n) is 4.41. The van der Waals surface area contributed by atoms with Gasteiger partial charge >= 0.3 is 5.97 Å². The van der Waals surface area contributed by atoms with Crippen molar-refractivity contribution in [1.29, 1.82) is 0 Å². The number of carbonyl (C=O) groups excluding carboxylic acids is 1. The lowest BCUT2D eigenvalue weighted by molar-refractivity contribution is -0.136. The number of anilines is 1.